The van der Waals surface area contributed by atoms with Crippen LogP contribution in [0, 0.1) is 6.92 Å². The fraction of sp³-hybridized carbons (Fsp3) is 0.259. The molecule has 12 heteroatoms. The molecule has 0 saturated heterocycles. The van der Waals surface area contributed by atoms with Gasteiger partial charge in [-0.25, -0.2) is 8.42 Å². The summed E-state index contributed by atoms with van der Waals surface area (Å²) in [6.45, 7) is 4.70. The van der Waals surface area contributed by atoms with Gasteiger partial charge < -0.3 is 10.2 Å². The topological polar surface area (TPSA) is 86.8 Å². The molecule has 0 aliphatic rings. The maximum atomic E-state index is 13.9. The van der Waals surface area contributed by atoms with E-state index in [1.165, 1.54) is 35.2 Å². The van der Waals surface area contributed by atoms with Gasteiger partial charge >= 0.3 is 0 Å². The number of halogens is 4. The van der Waals surface area contributed by atoms with E-state index < -0.39 is 34.4 Å². The van der Waals surface area contributed by atoms with Crippen molar-refractivity contribution in [1.82, 2.24) is 10.2 Å². The molecule has 1 N–H and O–H groups in total. The Morgan fingerprint density at radius 1 is 0.897 bits per heavy atom. The molecule has 3 aromatic rings. The summed E-state index contributed by atoms with van der Waals surface area (Å²) < 4.78 is 28.6. The highest BCUT2D eigenvalue weighted by Crippen LogP contribution is 2.32. The van der Waals surface area contributed by atoms with Crippen molar-refractivity contribution >= 4 is 73.9 Å². The molecule has 0 aliphatic heterocycles. The van der Waals surface area contributed by atoms with Crippen molar-refractivity contribution in [3.63, 3.8) is 0 Å². The van der Waals surface area contributed by atoms with Gasteiger partial charge in [0.2, 0.25) is 11.8 Å². The summed E-state index contributed by atoms with van der Waals surface area (Å²) in [7, 11) is -4.24. The Morgan fingerprint density at radius 2 is 1.51 bits per heavy atom. The van der Waals surface area contributed by atoms with Gasteiger partial charge in [0.25, 0.3) is 10.0 Å². The van der Waals surface area contributed by atoms with Crippen LogP contribution in [0.5, 0.6) is 0 Å². The molecule has 2 amide bonds. The molecule has 1 unspecified atom stereocenters. The largest absolute Gasteiger partial charge is 0.355 e. The molecular weight excluding hydrogens is 604 g/mol. The zero-order chi connectivity index (χ0) is 28.9. The van der Waals surface area contributed by atoms with Crippen molar-refractivity contribution in [2.24, 2.45) is 0 Å². The van der Waals surface area contributed by atoms with Crippen LogP contribution < -0.4 is 9.62 Å². The average molecular weight is 631 g/mol. The maximum absolute atomic E-state index is 13.9. The Bertz CT molecular complexity index is 1450. The van der Waals surface area contributed by atoms with Crippen molar-refractivity contribution in [3.05, 3.63) is 91.9 Å². The van der Waals surface area contributed by atoms with Gasteiger partial charge in [-0.2, -0.15) is 0 Å². The van der Waals surface area contributed by atoms with E-state index in [-0.39, 0.29) is 27.2 Å². The summed E-state index contributed by atoms with van der Waals surface area (Å²) in [4.78, 5) is 27.9. The number of anilines is 1. The van der Waals surface area contributed by atoms with Crippen molar-refractivity contribution in [2.75, 3.05) is 17.4 Å². The number of amides is 2. The third-order valence-electron chi connectivity index (χ3n) is 5.99. The SMILES string of the molecule is CCNC(=O)C(C)N(Cc1c(Cl)cccc1Cl)C(=O)CN(c1ccc(Cl)c(Cl)c1)S(=O)(=O)c1ccc(C)cc1. The Morgan fingerprint density at radius 3 is 2.08 bits per heavy atom. The molecule has 0 spiro atoms. The molecule has 208 valence electrons. The first kappa shape index (κ1) is 31.0. The van der Waals surface area contributed by atoms with Crippen LogP contribution in [0.3, 0.4) is 0 Å². The van der Waals surface area contributed by atoms with Gasteiger partial charge in [-0.15, -0.1) is 0 Å². The second kappa shape index (κ2) is 13.2. The number of rotatable bonds is 10. The lowest BCUT2D eigenvalue weighted by Gasteiger charge is -2.32. The molecular formula is C27H27Cl4N3O4S. The summed E-state index contributed by atoms with van der Waals surface area (Å²) in [6.07, 6.45) is 0. The minimum absolute atomic E-state index is 0.0237. The number of carbonyl (C=O) groups is 2. The van der Waals surface area contributed by atoms with Crippen molar-refractivity contribution < 1.29 is 18.0 Å². The molecule has 3 aromatic carbocycles. The number of carbonyl (C=O) groups excluding carboxylic acids is 2. The van der Waals surface area contributed by atoms with Crippen LogP contribution in [0.25, 0.3) is 0 Å². The highest BCUT2D eigenvalue weighted by atomic mass is 35.5. The normalized spacial score (nSPS) is 12.1. The Kier molecular flexibility index (Phi) is 10.5. The van der Waals surface area contributed by atoms with Crippen molar-refractivity contribution in [1.29, 1.82) is 0 Å². The van der Waals surface area contributed by atoms with E-state index in [1.54, 1.807) is 44.2 Å². The van der Waals surface area contributed by atoms with Crippen LogP contribution in [0.4, 0.5) is 5.69 Å². The Hall–Kier alpha value is -2.49. The predicted molar refractivity (Wildman–Crippen MR) is 157 cm³/mol. The van der Waals surface area contributed by atoms with E-state index in [0.29, 0.717) is 22.2 Å². The zero-order valence-corrected chi connectivity index (χ0v) is 25.3. The van der Waals surface area contributed by atoms with E-state index in [4.69, 9.17) is 46.4 Å². The van der Waals surface area contributed by atoms with Crippen molar-refractivity contribution in [2.45, 2.75) is 38.3 Å². The zero-order valence-electron chi connectivity index (χ0n) is 21.4. The molecule has 0 saturated carbocycles. The molecule has 0 bridgehead atoms. The highest BCUT2D eigenvalue weighted by molar-refractivity contribution is 7.92. The lowest BCUT2D eigenvalue weighted by molar-refractivity contribution is -0.139. The Labute approximate surface area is 248 Å². The van der Waals surface area contributed by atoms with Gasteiger partial charge in [0.15, 0.2) is 0 Å². The average Bonchev–Trinajstić information content (AvgIpc) is 2.88. The first-order valence-electron chi connectivity index (χ1n) is 11.9. The molecule has 0 heterocycles. The van der Waals surface area contributed by atoms with E-state index >= 15 is 0 Å². The molecule has 0 fully saturated rings. The first-order chi connectivity index (χ1) is 18.4. The number of hydrogen-bond acceptors (Lipinski definition) is 4. The fourth-order valence-corrected chi connectivity index (χ4v) is 5.98. The number of nitrogens with one attached hydrogen (secondary N) is 1. The second-order valence-corrected chi connectivity index (χ2v) is 12.2. The fourth-order valence-electron chi connectivity index (χ4n) is 3.76. The number of hydrogen-bond donors (Lipinski definition) is 1. The summed E-state index contributed by atoms with van der Waals surface area (Å²) in [5.74, 6) is -1.08. The number of benzene rings is 3. The second-order valence-electron chi connectivity index (χ2n) is 8.72. The third kappa shape index (κ3) is 7.38. The van der Waals surface area contributed by atoms with E-state index in [0.717, 1.165) is 9.87 Å². The molecule has 0 aromatic heterocycles. The molecule has 39 heavy (non-hydrogen) atoms. The molecule has 0 radical (unpaired) electrons. The molecule has 7 nitrogen and oxygen atoms in total. The molecule has 0 aliphatic carbocycles. The van der Waals surface area contributed by atoms with Crippen LogP contribution in [0.15, 0.2) is 65.6 Å². The predicted octanol–water partition coefficient (Wildman–Crippen LogP) is 6.36. The lowest BCUT2D eigenvalue weighted by Crippen LogP contribution is -2.51. The summed E-state index contributed by atoms with van der Waals surface area (Å²) in [6, 6.07) is 14.4. The third-order valence-corrected chi connectivity index (χ3v) is 9.22. The van der Waals surface area contributed by atoms with Crippen LogP contribution >= 0.6 is 46.4 Å². The Balaban J connectivity index is 2.09. The highest BCUT2D eigenvalue weighted by Gasteiger charge is 2.33. The van der Waals surface area contributed by atoms with Crippen molar-refractivity contribution in [3.8, 4) is 0 Å². The maximum Gasteiger partial charge on any atom is 0.264 e. The van der Waals surface area contributed by atoms with E-state index in [9.17, 15) is 18.0 Å². The summed E-state index contributed by atoms with van der Waals surface area (Å²) in [5.41, 5.74) is 1.41. The van der Waals surface area contributed by atoms with Gasteiger partial charge in [0.1, 0.15) is 12.6 Å². The molecule has 1 atom stereocenters. The smallest absolute Gasteiger partial charge is 0.264 e. The number of likely N-dealkylation sites (N-methyl/N-ethyl adjacent to an activating group) is 1. The molecule has 3 rings (SSSR count). The minimum Gasteiger partial charge on any atom is -0.355 e. The van der Waals surface area contributed by atoms with Crippen LogP contribution in [0.1, 0.15) is 25.0 Å². The van der Waals surface area contributed by atoms with Crippen LogP contribution in [-0.2, 0) is 26.2 Å². The van der Waals surface area contributed by atoms with Gasteiger partial charge in [-0.1, -0.05) is 70.2 Å². The van der Waals surface area contributed by atoms with Crippen LogP contribution in [0.2, 0.25) is 20.1 Å². The lowest BCUT2D eigenvalue weighted by atomic mass is 10.1. The van der Waals surface area contributed by atoms with E-state index in [2.05, 4.69) is 5.32 Å². The summed E-state index contributed by atoms with van der Waals surface area (Å²) >= 11 is 25.0. The minimum atomic E-state index is -4.24. The number of sulfonamides is 1. The van der Waals surface area contributed by atoms with Gasteiger partial charge in [-0.3, -0.25) is 13.9 Å². The van der Waals surface area contributed by atoms with Gasteiger partial charge in [0, 0.05) is 28.7 Å². The summed E-state index contributed by atoms with van der Waals surface area (Å²) in [5, 5.41) is 3.63. The number of nitrogens with zero attached hydrogens (tertiary/aromatic N) is 2. The first-order valence-corrected chi connectivity index (χ1v) is 14.9. The quantitative estimate of drug-likeness (QED) is 0.283. The monoisotopic (exact) mass is 629 g/mol. The number of aryl methyl sites for hydroxylation is 1. The van der Waals surface area contributed by atoms with Gasteiger partial charge in [-0.05, 0) is 63.2 Å². The van der Waals surface area contributed by atoms with Gasteiger partial charge in [0.05, 0.1) is 20.6 Å². The standard InChI is InChI=1S/C27H27Cl4N3O4S/c1-4-32-27(36)18(3)33(15-21-22(28)6-5-7-23(21)29)26(35)16-34(19-10-13-24(30)25(31)14-19)39(37,38)20-11-8-17(2)9-12-20/h5-14,18H,4,15-16H2,1-3H3,(H,32,36). The van der Waals surface area contributed by atoms with E-state index in [1.807, 2.05) is 6.92 Å². The van der Waals surface area contributed by atoms with Crippen LogP contribution in [-0.4, -0.2) is 44.3 Å².